The first-order valence-corrected chi connectivity index (χ1v) is 10.3. The van der Waals surface area contributed by atoms with E-state index in [-0.39, 0.29) is 37.8 Å². The monoisotopic (exact) mass is 410 g/mol. The molecule has 2 amide bonds. The molecule has 0 bridgehead atoms. The van der Waals surface area contributed by atoms with E-state index in [0.717, 1.165) is 11.1 Å². The summed E-state index contributed by atoms with van der Waals surface area (Å²) in [5, 5.41) is 5.41. The summed E-state index contributed by atoms with van der Waals surface area (Å²) in [6, 6.07) is 17.7. The summed E-state index contributed by atoms with van der Waals surface area (Å²) in [4.78, 5) is 35.3. The number of hydrogen-bond acceptors (Lipinski definition) is 4. The number of nitrogens with one attached hydrogen (secondary N) is 2. The number of hydrogen-bond donors (Lipinski definition) is 2. The van der Waals surface area contributed by atoms with Gasteiger partial charge in [-0.05, 0) is 29.0 Å². The van der Waals surface area contributed by atoms with Crippen LogP contribution in [0.15, 0.2) is 54.6 Å². The van der Waals surface area contributed by atoms with Gasteiger partial charge in [0.25, 0.3) is 5.91 Å². The molecular formula is C24H30N2O4. The standard InChI is InChI=1S/C24H30N2O4/c1-18(2)21-10-8-19(9-11-21)12-14-26-23(28)17-30-24(29)13-15-25-22(27)16-20-6-4-3-5-7-20/h3-11,18H,12-17H2,1-2H3,(H,25,27)(H,26,28). The van der Waals surface area contributed by atoms with Crippen molar-refractivity contribution in [3.8, 4) is 0 Å². The van der Waals surface area contributed by atoms with Gasteiger partial charge in [-0.1, -0.05) is 68.4 Å². The highest BCUT2D eigenvalue weighted by Crippen LogP contribution is 2.14. The summed E-state index contributed by atoms with van der Waals surface area (Å²) in [6.45, 7) is 4.64. The molecule has 0 fully saturated rings. The summed E-state index contributed by atoms with van der Waals surface area (Å²) in [5.41, 5.74) is 3.33. The normalized spacial score (nSPS) is 10.5. The van der Waals surface area contributed by atoms with E-state index in [2.05, 4.69) is 48.7 Å². The van der Waals surface area contributed by atoms with Crippen LogP contribution in [-0.4, -0.2) is 37.5 Å². The fraction of sp³-hybridized carbons (Fsp3) is 0.375. The SMILES string of the molecule is CC(C)c1ccc(CCNC(=O)COC(=O)CCNC(=O)Cc2ccccc2)cc1. The van der Waals surface area contributed by atoms with Crippen LogP contribution < -0.4 is 10.6 Å². The molecular weight excluding hydrogens is 380 g/mol. The number of benzene rings is 2. The minimum absolute atomic E-state index is 0.0238. The molecule has 2 aromatic rings. The Kier molecular flexibility index (Phi) is 9.58. The van der Waals surface area contributed by atoms with Gasteiger partial charge in [0.1, 0.15) is 0 Å². The molecule has 0 aromatic heterocycles. The van der Waals surface area contributed by atoms with Crippen LogP contribution in [0.5, 0.6) is 0 Å². The fourth-order valence-electron chi connectivity index (χ4n) is 2.83. The molecule has 0 radical (unpaired) electrons. The van der Waals surface area contributed by atoms with Gasteiger partial charge in [0.15, 0.2) is 6.61 Å². The van der Waals surface area contributed by atoms with E-state index in [4.69, 9.17) is 4.74 Å². The van der Waals surface area contributed by atoms with Crippen molar-refractivity contribution in [3.05, 3.63) is 71.3 Å². The van der Waals surface area contributed by atoms with Gasteiger partial charge in [0.05, 0.1) is 12.8 Å². The average Bonchev–Trinajstić information content (AvgIpc) is 2.73. The van der Waals surface area contributed by atoms with Crippen LogP contribution in [0.4, 0.5) is 0 Å². The number of ether oxygens (including phenoxy) is 1. The van der Waals surface area contributed by atoms with Gasteiger partial charge in [-0.2, -0.15) is 0 Å². The van der Waals surface area contributed by atoms with Crippen molar-refractivity contribution >= 4 is 17.8 Å². The Bertz CT molecular complexity index is 817. The van der Waals surface area contributed by atoms with Gasteiger partial charge in [0, 0.05) is 13.1 Å². The topological polar surface area (TPSA) is 84.5 Å². The van der Waals surface area contributed by atoms with Crippen LogP contribution in [-0.2, 0) is 32.0 Å². The first kappa shape index (κ1) is 23.1. The Morgan fingerprint density at radius 1 is 0.833 bits per heavy atom. The molecule has 2 N–H and O–H groups in total. The van der Waals surface area contributed by atoms with Crippen LogP contribution >= 0.6 is 0 Å². The lowest BCUT2D eigenvalue weighted by atomic mass is 10.0. The molecule has 30 heavy (non-hydrogen) atoms. The molecule has 0 heterocycles. The van der Waals surface area contributed by atoms with Crippen molar-refractivity contribution in [2.45, 2.75) is 39.0 Å². The van der Waals surface area contributed by atoms with Crippen molar-refractivity contribution < 1.29 is 19.1 Å². The van der Waals surface area contributed by atoms with Gasteiger partial charge in [-0.3, -0.25) is 14.4 Å². The smallest absolute Gasteiger partial charge is 0.308 e. The van der Waals surface area contributed by atoms with Crippen molar-refractivity contribution in [2.24, 2.45) is 0 Å². The number of carbonyl (C=O) groups excluding carboxylic acids is 3. The zero-order chi connectivity index (χ0) is 21.8. The van der Waals surface area contributed by atoms with E-state index in [1.54, 1.807) is 0 Å². The summed E-state index contributed by atoms with van der Waals surface area (Å²) in [5.74, 6) is -0.525. The van der Waals surface area contributed by atoms with E-state index in [1.165, 1.54) is 5.56 Å². The molecule has 160 valence electrons. The van der Waals surface area contributed by atoms with Gasteiger partial charge in [0.2, 0.25) is 5.91 Å². The highest BCUT2D eigenvalue weighted by molar-refractivity contribution is 5.81. The summed E-state index contributed by atoms with van der Waals surface area (Å²) >= 11 is 0. The second-order valence-corrected chi connectivity index (χ2v) is 7.42. The van der Waals surface area contributed by atoms with E-state index < -0.39 is 5.97 Å². The summed E-state index contributed by atoms with van der Waals surface area (Å²) in [7, 11) is 0. The highest BCUT2D eigenvalue weighted by atomic mass is 16.5. The van der Waals surface area contributed by atoms with Crippen molar-refractivity contribution in [1.29, 1.82) is 0 Å². The van der Waals surface area contributed by atoms with Crippen LogP contribution in [0.1, 0.15) is 42.9 Å². The molecule has 6 heteroatoms. The third-order valence-corrected chi connectivity index (χ3v) is 4.61. The van der Waals surface area contributed by atoms with Crippen LogP contribution in [0.3, 0.4) is 0 Å². The predicted octanol–water partition coefficient (Wildman–Crippen LogP) is 2.76. The van der Waals surface area contributed by atoms with Crippen LogP contribution in [0, 0.1) is 0 Å². The van der Waals surface area contributed by atoms with Gasteiger partial charge in [-0.25, -0.2) is 0 Å². The first-order valence-electron chi connectivity index (χ1n) is 10.3. The number of carbonyl (C=O) groups is 3. The van der Waals surface area contributed by atoms with Crippen LogP contribution in [0.25, 0.3) is 0 Å². The van der Waals surface area contributed by atoms with E-state index in [9.17, 15) is 14.4 Å². The van der Waals surface area contributed by atoms with Gasteiger partial charge in [-0.15, -0.1) is 0 Å². The minimum atomic E-state index is -0.519. The molecule has 2 aromatic carbocycles. The summed E-state index contributed by atoms with van der Waals surface area (Å²) < 4.78 is 4.95. The largest absolute Gasteiger partial charge is 0.456 e. The van der Waals surface area contributed by atoms with Crippen LogP contribution in [0.2, 0.25) is 0 Å². The number of esters is 1. The minimum Gasteiger partial charge on any atom is -0.456 e. The molecule has 0 saturated heterocycles. The van der Waals surface area contributed by atoms with Gasteiger partial charge < -0.3 is 15.4 Å². The quantitative estimate of drug-likeness (QED) is 0.558. The maximum Gasteiger partial charge on any atom is 0.308 e. The number of amides is 2. The molecule has 6 nitrogen and oxygen atoms in total. The van der Waals surface area contributed by atoms with E-state index in [0.29, 0.717) is 18.9 Å². The van der Waals surface area contributed by atoms with E-state index >= 15 is 0 Å². The second kappa shape index (κ2) is 12.4. The third kappa shape index (κ3) is 8.90. The molecule has 2 rings (SSSR count). The van der Waals surface area contributed by atoms with E-state index in [1.807, 2.05) is 30.3 Å². The highest BCUT2D eigenvalue weighted by Gasteiger charge is 2.09. The zero-order valence-electron chi connectivity index (χ0n) is 17.6. The molecule has 0 atom stereocenters. The number of rotatable bonds is 11. The molecule has 0 aliphatic carbocycles. The molecule has 0 aliphatic rings. The Morgan fingerprint density at radius 3 is 2.17 bits per heavy atom. The fourth-order valence-corrected chi connectivity index (χ4v) is 2.83. The second-order valence-electron chi connectivity index (χ2n) is 7.42. The molecule has 0 spiro atoms. The Morgan fingerprint density at radius 2 is 1.50 bits per heavy atom. The lowest BCUT2D eigenvalue weighted by molar-refractivity contribution is -0.148. The third-order valence-electron chi connectivity index (χ3n) is 4.61. The lowest BCUT2D eigenvalue weighted by Gasteiger charge is -2.09. The predicted molar refractivity (Wildman–Crippen MR) is 116 cm³/mol. The molecule has 0 unspecified atom stereocenters. The molecule has 0 saturated carbocycles. The van der Waals surface area contributed by atoms with Crippen molar-refractivity contribution in [2.75, 3.05) is 19.7 Å². The zero-order valence-corrected chi connectivity index (χ0v) is 17.6. The summed E-state index contributed by atoms with van der Waals surface area (Å²) in [6.07, 6.45) is 1.00. The Balaban J connectivity index is 1.54. The maximum atomic E-state index is 11.8. The Labute approximate surface area is 178 Å². The maximum absolute atomic E-state index is 11.8. The Hall–Kier alpha value is -3.15. The van der Waals surface area contributed by atoms with Gasteiger partial charge >= 0.3 is 5.97 Å². The average molecular weight is 411 g/mol. The molecule has 0 aliphatic heterocycles. The lowest BCUT2D eigenvalue weighted by Crippen LogP contribution is -2.31. The first-order chi connectivity index (χ1) is 14.4. The van der Waals surface area contributed by atoms with Crippen molar-refractivity contribution in [1.82, 2.24) is 10.6 Å². The van der Waals surface area contributed by atoms with Crippen molar-refractivity contribution in [3.63, 3.8) is 0 Å².